The Labute approximate surface area is 141 Å². The average Bonchev–Trinajstić information content (AvgIpc) is 2.93. The number of amides is 1. The largest absolute Gasteiger partial charge is 0.321 e. The van der Waals surface area contributed by atoms with Crippen LogP contribution in [0, 0.1) is 27.7 Å². The Kier molecular flexibility index (Phi) is 4.16. The number of carbonyl (C=O) groups excluding carboxylic acids is 1. The Morgan fingerprint density at radius 1 is 1.00 bits per heavy atom. The zero-order valence-electron chi connectivity index (χ0n) is 14.3. The van der Waals surface area contributed by atoms with Gasteiger partial charge in [-0.15, -0.1) is 5.10 Å². The third kappa shape index (κ3) is 3.06. The summed E-state index contributed by atoms with van der Waals surface area (Å²) < 4.78 is 1.68. The molecule has 5 heteroatoms. The van der Waals surface area contributed by atoms with Crippen molar-refractivity contribution in [1.29, 1.82) is 0 Å². The number of rotatable bonds is 3. The van der Waals surface area contributed by atoms with E-state index in [0.717, 1.165) is 22.5 Å². The highest BCUT2D eigenvalue weighted by Crippen LogP contribution is 2.17. The van der Waals surface area contributed by atoms with Crippen LogP contribution >= 0.6 is 0 Å². The van der Waals surface area contributed by atoms with Gasteiger partial charge in [0.25, 0.3) is 5.91 Å². The number of hydrogen-bond donors (Lipinski definition) is 1. The lowest BCUT2D eigenvalue weighted by molar-refractivity contribution is 0.102. The number of hydrogen-bond acceptors (Lipinski definition) is 3. The Hall–Kier alpha value is -2.95. The van der Waals surface area contributed by atoms with Crippen molar-refractivity contribution in [2.45, 2.75) is 27.7 Å². The Bertz CT molecular complexity index is 911. The van der Waals surface area contributed by atoms with Gasteiger partial charge < -0.3 is 5.32 Å². The first-order valence-electron chi connectivity index (χ1n) is 7.83. The van der Waals surface area contributed by atoms with E-state index in [9.17, 15) is 4.79 Å². The van der Waals surface area contributed by atoms with Gasteiger partial charge in [0.05, 0.1) is 11.4 Å². The number of nitrogens with one attached hydrogen (secondary N) is 1. The summed E-state index contributed by atoms with van der Waals surface area (Å²) >= 11 is 0. The molecule has 2 aromatic carbocycles. The van der Waals surface area contributed by atoms with Crippen LogP contribution in [0.15, 0.2) is 42.5 Å². The fourth-order valence-corrected chi connectivity index (χ4v) is 2.55. The molecule has 0 aliphatic rings. The second kappa shape index (κ2) is 6.28. The molecular weight excluding hydrogens is 300 g/mol. The van der Waals surface area contributed by atoms with Crippen LogP contribution in [0.1, 0.15) is 32.9 Å². The summed E-state index contributed by atoms with van der Waals surface area (Å²) in [5.41, 5.74) is 6.14. The van der Waals surface area contributed by atoms with Gasteiger partial charge in [0.2, 0.25) is 0 Å². The topological polar surface area (TPSA) is 59.8 Å². The molecule has 5 nitrogen and oxygen atoms in total. The van der Waals surface area contributed by atoms with Gasteiger partial charge in [-0.1, -0.05) is 23.4 Å². The van der Waals surface area contributed by atoms with Crippen molar-refractivity contribution >= 4 is 11.6 Å². The van der Waals surface area contributed by atoms with Gasteiger partial charge in [-0.05, 0) is 68.7 Å². The number of aryl methyl sites for hydroxylation is 3. The minimum atomic E-state index is -0.255. The lowest BCUT2D eigenvalue weighted by atomic mass is 10.1. The van der Waals surface area contributed by atoms with Gasteiger partial charge >= 0.3 is 0 Å². The fourth-order valence-electron chi connectivity index (χ4n) is 2.55. The number of aromatic nitrogens is 3. The zero-order chi connectivity index (χ0) is 17.3. The molecule has 0 spiro atoms. The summed E-state index contributed by atoms with van der Waals surface area (Å²) in [4.78, 5) is 12.5. The fraction of sp³-hybridized carbons (Fsp3) is 0.211. The maximum atomic E-state index is 12.5. The van der Waals surface area contributed by atoms with E-state index in [1.54, 1.807) is 4.68 Å². The quantitative estimate of drug-likeness (QED) is 0.799. The molecule has 0 atom stereocenters. The molecule has 0 bridgehead atoms. The normalized spacial score (nSPS) is 10.7. The van der Waals surface area contributed by atoms with Crippen molar-refractivity contribution in [3.8, 4) is 5.69 Å². The number of benzene rings is 2. The molecule has 0 saturated carbocycles. The molecule has 0 aliphatic carbocycles. The molecule has 1 heterocycles. The van der Waals surface area contributed by atoms with Gasteiger partial charge in [-0.25, -0.2) is 4.68 Å². The van der Waals surface area contributed by atoms with E-state index < -0.39 is 0 Å². The Morgan fingerprint density at radius 2 is 1.79 bits per heavy atom. The molecule has 1 N–H and O–H groups in total. The van der Waals surface area contributed by atoms with E-state index in [1.807, 2.05) is 70.2 Å². The molecule has 24 heavy (non-hydrogen) atoms. The molecule has 1 aromatic heterocycles. The van der Waals surface area contributed by atoms with Crippen molar-refractivity contribution in [2.24, 2.45) is 0 Å². The number of anilines is 1. The van der Waals surface area contributed by atoms with Crippen LogP contribution < -0.4 is 5.32 Å². The van der Waals surface area contributed by atoms with Crippen LogP contribution in [0.5, 0.6) is 0 Å². The first-order chi connectivity index (χ1) is 11.5. The highest BCUT2D eigenvalue weighted by molar-refractivity contribution is 6.03. The molecular formula is C19H20N4O. The van der Waals surface area contributed by atoms with Gasteiger partial charge in [0.15, 0.2) is 5.69 Å². The number of nitrogens with zero attached hydrogens (tertiary/aromatic N) is 3. The smallest absolute Gasteiger partial charge is 0.278 e. The Morgan fingerprint density at radius 3 is 2.50 bits per heavy atom. The SMILES string of the molecule is Cc1cccc(-n2nnc(C(=O)Nc3ccc(C)c(C)c3)c2C)c1. The van der Waals surface area contributed by atoms with Crippen LogP contribution in [0.25, 0.3) is 5.69 Å². The molecule has 0 fully saturated rings. The molecule has 0 unspecified atom stereocenters. The summed E-state index contributed by atoms with van der Waals surface area (Å²) in [5.74, 6) is -0.255. The van der Waals surface area contributed by atoms with Gasteiger partial charge in [-0.2, -0.15) is 0 Å². The van der Waals surface area contributed by atoms with Crippen molar-refractivity contribution < 1.29 is 4.79 Å². The van der Waals surface area contributed by atoms with Crippen molar-refractivity contribution in [1.82, 2.24) is 15.0 Å². The van der Waals surface area contributed by atoms with Crippen LogP contribution in [-0.2, 0) is 0 Å². The summed E-state index contributed by atoms with van der Waals surface area (Å²) in [6.07, 6.45) is 0. The highest BCUT2D eigenvalue weighted by Gasteiger charge is 2.17. The van der Waals surface area contributed by atoms with Gasteiger partial charge in [0.1, 0.15) is 0 Å². The van der Waals surface area contributed by atoms with Crippen LogP contribution in [0.2, 0.25) is 0 Å². The molecule has 122 valence electrons. The number of carbonyl (C=O) groups is 1. The standard InChI is InChI=1S/C19H20N4O/c1-12-6-5-7-17(10-12)23-15(4)18(21-22-23)19(24)20-16-9-8-13(2)14(3)11-16/h5-11H,1-4H3,(H,20,24). The second-order valence-electron chi connectivity index (χ2n) is 6.03. The first-order valence-corrected chi connectivity index (χ1v) is 7.83. The van der Waals surface area contributed by atoms with E-state index in [1.165, 1.54) is 5.56 Å². The summed E-state index contributed by atoms with van der Waals surface area (Å²) in [6, 6.07) is 13.8. The van der Waals surface area contributed by atoms with E-state index >= 15 is 0 Å². The van der Waals surface area contributed by atoms with E-state index in [4.69, 9.17) is 0 Å². The minimum absolute atomic E-state index is 0.255. The van der Waals surface area contributed by atoms with Gasteiger partial charge in [0, 0.05) is 5.69 Å². The third-order valence-corrected chi connectivity index (χ3v) is 4.12. The molecule has 0 saturated heterocycles. The summed E-state index contributed by atoms with van der Waals surface area (Å²) in [7, 11) is 0. The third-order valence-electron chi connectivity index (χ3n) is 4.12. The predicted octanol–water partition coefficient (Wildman–Crippen LogP) is 3.75. The minimum Gasteiger partial charge on any atom is -0.321 e. The summed E-state index contributed by atoms with van der Waals surface area (Å²) in [5, 5.41) is 11.1. The molecule has 3 aromatic rings. The highest BCUT2D eigenvalue weighted by atomic mass is 16.2. The van der Waals surface area contributed by atoms with Crippen LogP contribution in [0.3, 0.4) is 0 Å². The molecule has 3 rings (SSSR count). The second-order valence-corrected chi connectivity index (χ2v) is 6.03. The predicted molar refractivity (Wildman–Crippen MR) is 94.7 cm³/mol. The van der Waals surface area contributed by atoms with Crippen LogP contribution in [-0.4, -0.2) is 20.9 Å². The monoisotopic (exact) mass is 320 g/mol. The van der Waals surface area contributed by atoms with E-state index in [-0.39, 0.29) is 5.91 Å². The molecule has 0 aliphatic heterocycles. The first kappa shape index (κ1) is 15.9. The molecule has 1 amide bonds. The van der Waals surface area contributed by atoms with E-state index in [0.29, 0.717) is 11.4 Å². The van der Waals surface area contributed by atoms with Crippen molar-refractivity contribution in [3.63, 3.8) is 0 Å². The maximum Gasteiger partial charge on any atom is 0.278 e. The summed E-state index contributed by atoms with van der Waals surface area (Å²) in [6.45, 7) is 7.92. The molecule has 0 radical (unpaired) electrons. The zero-order valence-corrected chi connectivity index (χ0v) is 14.3. The van der Waals surface area contributed by atoms with Crippen molar-refractivity contribution in [2.75, 3.05) is 5.32 Å². The van der Waals surface area contributed by atoms with E-state index in [2.05, 4.69) is 15.6 Å². The Balaban J connectivity index is 1.87. The lowest BCUT2D eigenvalue weighted by Gasteiger charge is -2.07. The maximum absolute atomic E-state index is 12.5. The van der Waals surface area contributed by atoms with Crippen LogP contribution in [0.4, 0.5) is 5.69 Å². The average molecular weight is 320 g/mol. The lowest BCUT2D eigenvalue weighted by Crippen LogP contribution is -2.14. The van der Waals surface area contributed by atoms with Gasteiger partial charge in [-0.3, -0.25) is 4.79 Å². The van der Waals surface area contributed by atoms with Crippen molar-refractivity contribution in [3.05, 3.63) is 70.5 Å².